The van der Waals surface area contributed by atoms with Crippen LogP contribution < -0.4 is 5.32 Å². The molecule has 0 saturated carbocycles. The van der Waals surface area contributed by atoms with Gasteiger partial charge in [0.1, 0.15) is 0 Å². The van der Waals surface area contributed by atoms with Gasteiger partial charge in [-0.15, -0.1) is 0 Å². The number of carbonyl (C=O) groups excluding carboxylic acids is 1. The van der Waals surface area contributed by atoms with Gasteiger partial charge in [0.2, 0.25) is 0 Å². The van der Waals surface area contributed by atoms with Gasteiger partial charge in [0.15, 0.2) is 5.76 Å². The number of hydrogen-bond acceptors (Lipinski definition) is 3. The summed E-state index contributed by atoms with van der Waals surface area (Å²) in [7, 11) is 4.06. The van der Waals surface area contributed by atoms with Gasteiger partial charge < -0.3 is 14.6 Å². The Morgan fingerprint density at radius 3 is 2.59 bits per heavy atom. The summed E-state index contributed by atoms with van der Waals surface area (Å²) in [4.78, 5) is 14.0. The molecule has 1 rings (SSSR count). The Morgan fingerprint density at radius 2 is 2.12 bits per heavy atom. The van der Waals surface area contributed by atoms with Crippen LogP contribution in [0.2, 0.25) is 0 Å². The first kappa shape index (κ1) is 13.8. The number of amides is 1. The van der Waals surface area contributed by atoms with Crippen LogP contribution in [0.1, 0.15) is 30.0 Å². The molecule has 0 fully saturated rings. The van der Waals surface area contributed by atoms with Crippen LogP contribution in [0.25, 0.3) is 0 Å². The third-order valence-corrected chi connectivity index (χ3v) is 2.54. The predicted octanol–water partition coefficient (Wildman–Crippen LogP) is 1.91. The molecule has 1 N–H and O–H groups in total. The number of aryl methyl sites for hydroxylation is 1. The molecule has 0 bridgehead atoms. The molecule has 0 aliphatic heterocycles. The lowest BCUT2D eigenvalue weighted by Gasteiger charge is -2.28. The van der Waals surface area contributed by atoms with Crippen LogP contribution in [0.4, 0.5) is 0 Å². The first-order valence-corrected chi connectivity index (χ1v) is 5.79. The highest BCUT2D eigenvalue weighted by Gasteiger charge is 2.21. The molecule has 1 heterocycles. The van der Waals surface area contributed by atoms with Crippen molar-refractivity contribution in [2.75, 3.05) is 27.2 Å². The fraction of sp³-hybridized carbons (Fsp3) is 0.615. The second-order valence-electron chi connectivity index (χ2n) is 5.52. The van der Waals surface area contributed by atoms with Gasteiger partial charge in [0.05, 0.1) is 6.26 Å². The summed E-state index contributed by atoms with van der Waals surface area (Å²) in [6, 6.07) is 1.79. The Labute approximate surface area is 103 Å². The van der Waals surface area contributed by atoms with E-state index in [2.05, 4.69) is 24.1 Å². The molecule has 0 unspecified atom stereocenters. The molecule has 1 aromatic rings. The van der Waals surface area contributed by atoms with Crippen LogP contribution in [0.15, 0.2) is 16.7 Å². The first-order valence-electron chi connectivity index (χ1n) is 5.79. The molecule has 4 nitrogen and oxygen atoms in total. The SMILES string of the molecule is Cc1ccoc1C(=O)NCC(C)(C)CN(C)C. The van der Waals surface area contributed by atoms with Crippen molar-refractivity contribution in [2.24, 2.45) is 5.41 Å². The Hall–Kier alpha value is -1.29. The average Bonchev–Trinajstić information content (AvgIpc) is 2.59. The molecule has 4 heteroatoms. The Kier molecular flexibility index (Phi) is 4.34. The average molecular weight is 238 g/mol. The third kappa shape index (κ3) is 4.23. The number of carbonyl (C=O) groups is 1. The van der Waals surface area contributed by atoms with E-state index in [4.69, 9.17) is 4.42 Å². The number of nitrogens with one attached hydrogen (secondary N) is 1. The lowest BCUT2D eigenvalue weighted by Crippen LogP contribution is -2.40. The van der Waals surface area contributed by atoms with Crippen molar-refractivity contribution in [3.8, 4) is 0 Å². The van der Waals surface area contributed by atoms with Crippen molar-refractivity contribution in [1.82, 2.24) is 10.2 Å². The van der Waals surface area contributed by atoms with E-state index < -0.39 is 0 Å². The summed E-state index contributed by atoms with van der Waals surface area (Å²) < 4.78 is 5.15. The van der Waals surface area contributed by atoms with Gasteiger partial charge in [-0.3, -0.25) is 4.79 Å². The zero-order valence-corrected chi connectivity index (χ0v) is 11.3. The van der Waals surface area contributed by atoms with Gasteiger partial charge >= 0.3 is 0 Å². The Bertz CT molecular complexity index is 381. The van der Waals surface area contributed by atoms with Crippen LogP contribution in [-0.2, 0) is 0 Å². The van der Waals surface area contributed by atoms with Crippen molar-refractivity contribution < 1.29 is 9.21 Å². The highest BCUT2D eigenvalue weighted by atomic mass is 16.3. The molecule has 96 valence electrons. The van der Waals surface area contributed by atoms with E-state index >= 15 is 0 Å². The fourth-order valence-corrected chi connectivity index (χ4v) is 1.92. The normalized spacial score (nSPS) is 11.9. The smallest absolute Gasteiger partial charge is 0.287 e. The molecule has 0 atom stereocenters. The number of rotatable bonds is 5. The van der Waals surface area contributed by atoms with Crippen LogP contribution in [-0.4, -0.2) is 38.0 Å². The highest BCUT2D eigenvalue weighted by Crippen LogP contribution is 2.15. The first-order chi connectivity index (χ1) is 7.82. The minimum atomic E-state index is -0.140. The van der Waals surface area contributed by atoms with Crippen LogP contribution in [0.5, 0.6) is 0 Å². The van der Waals surface area contributed by atoms with Gasteiger partial charge in [0.25, 0.3) is 5.91 Å². The zero-order valence-electron chi connectivity index (χ0n) is 11.3. The van der Waals surface area contributed by atoms with Crippen LogP contribution in [0.3, 0.4) is 0 Å². The largest absolute Gasteiger partial charge is 0.459 e. The number of hydrogen-bond donors (Lipinski definition) is 1. The number of nitrogens with zero attached hydrogens (tertiary/aromatic N) is 1. The van der Waals surface area contributed by atoms with E-state index in [1.165, 1.54) is 6.26 Å². The van der Waals surface area contributed by atoms with Gasteiger partial charge in [-0.2, -0.15) is 0 Å². The van der Waals surface area contributed by atoms with E-state index in [1.54, 1.807) is 6.07 Å². The number of furan rings is 1. The second-order valence-corrected chi connectivity index (χ2v) is 5.52. The molecule has 0 aliphatic carbocycles. The summed E-state index contributed by atoms with van der Waals surface area (Å²) in [6.45, 7) is 7.67. The summed E-state index contributed by atoms with van der Waals surface area (Å²) in [5, 5.41) is 2.91. The predicted molar refractivity (Wildman–Crippen MR) is 68.1 cm³/mol. The van der Waals surface area contributed by atoms with E-state index in [-0.39, 0.29) is 11.3 Å². The maximum Gasteiger partial charge on any atom is 0.287 e. The second kappa shape index (κ2) is 5.36. The maximum atomic E-state index is 11.8. The van der Waals surface area contributed by atoms with Gasteiger partial charge in [-0.1, -0.05) is 13.8 Å². The van der Waals surface area contributed by atoms with Gasteiger partial charge in [-0.05, 0) is 32.5 Å². The van der Waals surface area contributed by atoms with Crippen molar-refractivity contribution in [3.63, 3.8) is 0 Å². The van der Waals surface area contributed by atoms with E-state index in [0.717, 1.165) is 12.1 Å². The molecular weight excluding hydrogens is 216 g/mol. The summed E-state index contributed by atoms with van der Waals surface area (Å²) in [6.07, 6.45) is 1.54. The topological polar surface area (TPSA) is 45.5 Å². The summed E-state index contributed by atoms with van der Waals surface area (Å²) >= 11 is 0. The summed E-state index contributed by atoms with van der Waals surface area (Å²) in [5.41, 5.74) is 0.910. The lowest BCUT2D eigenvalue weighted by atomic mass is 9.93. The molecule has 17 heavy (non-hydrogen) atoms. The molecule has 0 radical (unpaired) electrons. The molecule has 1 amide bonds. The molecule has 0 saturated heterocycles. The van der Waals surface area contributed by atoms with Gasteiger partial charge in [0, 0.05) is 18.7 Å². The van der Waals surface area contributed by atoms with Crippen molar-refractivity contribution in [2.45, 2.75) is 20.8 Å². The fourth-order valence-electron chi connectivity index (χ4n) is 1.92. The van der Waals surface area contributed by atoms with E-state index in [9.17, 15) is 4.79 Å². The quantitative estimate of drug-likeness (QED) is 0.852. The molecular formula is C13H22N2O2. The molecule has 0 spiro atoms. The van der Waals surface area contributed by atoms with Gasteiger partial charge in [-0.25, -0.2) is 0 Å². The molecule has 0 aliphatic rings. The maximum absolute atomic E-state index is 11.8. The standard InChI is InChI=1S/C13H22N2O2/c1-10-6-7-17-11(10)12(16)14-8-13(2,3)9-15(4)5/h6-7H,8-9H2,1-5H3,(H,14,16). The zero-order chi connectivity index (χ0) is 13.1. The Morgan fingerprint density at radius 1 is 1.47 bits per heavy atom. The third-order valence-electron chi connectivity index (χ3n) is 2.54. The molecule has 1 aromatic heterocycles. The van der Waals surface area contributed by atoms with Crippen molar-refractivity contribution in [3.05, 3.63) is 23.7 Å². The highest BCUT2D eigenvalue weighted by molar-refractivity contribution is 5.92. The minimum absolute atomic E-state index is 0.0413. The van der Waals surface area contributed by atoms with E-state index in [0.29, 0.717) is 12.3 Å². The lowest BCUT2D eigenvalue weighted by molar-refractivity contribution is 0.0900. The monoisotopic (exact) mass is 238 g/mol. The van der Waals surface area contributed by atoms with Crippen molar-refractivity contribution >= 4 is 5.91 Å². The van der Waals surface area contributed by atoms with Crippen molar-refractivity contribution in [1.29, 1.82) is 0 Å². The molecule has 0 aromatic carbocycles. The summed E-state index contributed by atoms with van der Waals surface area (Å²) in [5.74, 6) is 0.269. The van der Waals surface area contributed by atoms with Crippen LogP contribution >= 0.6 is 0 Å². The Balaban J connectivity index is 2.51. The van der Waals surface area contributed by atoms with E-state index in [1.807, 2.05) is 21.0 Å². The minimum Gasteiger partial charge on any atom is -0.459 e. The van der Waals surface area contributed by atoms with Crippen LogP contribution in [0, 0.1) is 12.3 Å².